The highest BCUT2D eigenvalue weighted by Crippen LogP contribution is 2.31. The Morgan fingerprint density at radius 1 is 1.07 bits per heavy atom. The van der Waals surface area contributed by atoms with E-state index in [0.717, 1.165) is 5.69 Å². The number of carbonyl (C=O) groups is 3. The largest absolute Gasteiger partial charge is 0.468 e. The number of piperazine rings is 1. The Kier molecular flexibility index (Phi) is 7.28. The minimum Gasteiger partial charge on any atom is -0.468 e. The third kappa shape index (κ3) is 5.93. The van der Waals surface area contributed by atoms with Gasteiger partial charge in [0.1, 0.15) is 17.7 Å². The predicted octanol–water partition coefficient (Wildman–Crippen LogP) is 3.61. The van der Waals surface area contributed by atoms with E-state index >= 15 is 0 Å². The first-order chi connectivity index (χ1) is 19.4. The number of methoxy groups -OCH3 is 1. The van der Waals surface area contributed by atoms with Crippen LogP contribution in [0.25, 0.3) is 16.6 Å². The fourth-order valence-corrected chi connectivity index (χ4v) is 4.78. The average Bonchev–Trinajstić information content (AvgIpc) is 3.50. The topological polar surface area (TPSA) is 123 Å². The molecule has 12 nitrogen and oxygen atoms in total. The van der Waals surface area contributed by atoms with Gasteiger partial charge >= 0.3 is 12.1 Å². The fourth-order valence-electron chi connectivity index (χ4n) is 4.78. The van der Waals surface area contributed by atoms with E-state index in [-0.39, 0.29) is 29.5 Å². The lowest BCUT2D eigenvalue weighted by Gasteiger charge is -2.37. The summed E-state index contributed by atoms with van der Waals surface area (Å²) in [6.07, 6.45) is 4.58. The fraction of sp³-hybridized carbons (Fsp3) is 0.393. The molecule has 0 spiro atoms. The number of imidazole rings is 1. The second-order valence-corrected chi connectivity index (χ2v) is 10.9. The first-order valence-electron chi connectivity index (χ1n) is 13.2. The number of nitrogens with zero attached hydrogens (tertiary/aromatic N) is 6. The summed E-state index contributed by atoms with van der Waals surface area (Å²) in [5, 5.41) is 7.93. The molecule has 0 aliphatic carbocycles. The molecule has 1 aliphatic heterocycles. The number of hydrogen-bond donors (Lipinski definition) is 1. The van der Waals surface area contributed by atoms with E-state index in [2.05, 4.69) is 20.3 Å². The number of fused-ring (bicyclic) bond motifs is 2. The van der Waals surface area contributed by atoms with E-state index < -0.39 is 23.3 Å². The van der Waals surface area contributed by atoms with Crippen molar-refractivity contribution >= 4 is 45.9 Å². The van der Waals surface area contributed by atoms with Crippen molar-refractivity contribution in [2.75, 3.05) is 43.5 Å². The molecule has 41 heavy (non-hydrogen) atoms. The molecule has 0 unspecified atom stereocenters. The van der Waals surface area contributed by atoms with Gasteiger partial charge in [-0.2, -0.15) is 5.10 Å². The van der Waals surface area contributed by atoms with Crippen molar-refractivity contribution in [3.05, 3.63) is 53.9 Å². The Bertz CT molecular complexity index is 1650. The van der Waals surface area contributed by atoms with Crippen LogP contribution in [-0.2, 0) is 20.8 Å². The number of pyridine rings is 1. The molecule has 5 rings (SSSR count). The van der Waals surface area contributed by atoms with E-state index in [1.54, 1.807) is 36.5 Å². The number of anilines is 2. The molecule has 1 aliphatic rings. The third-order valence-electron chi connectivity index (χ3n) is 6.62. The molecule has 1 aromatic carbocycles. The standard InChI is InChI=1S/C28H32FN7O5/c1-17-13-35-14-18(12-21(29)25(35)30-17)31-26(38)19-6-7-22(20-15-36(32-24(19)20)16-23(37)40-5)33-8-10-34(11-9-33)27(39)41-28(2,3)4/h6-7,12-15H,8-11,16H2,1-5H3,(H,31,38). The van der Waals surface area contributed by atoms with Crippen LogP contribution in [0.1, 0.15) is 36.8 Å². The van der Waals surface area contributed by atoms with Crippen LogP contribution >= 0.6 is 0 Å². The van der Waals surface area contributed by atoms with Gasteiger partial charge in [-0.15, -0.1) is 0 Å². The second kappa shape index (κ2) is 10.7. The van der Waals surface area contributed by atoms with Gasteiger partial charge in [0, 0.05) is 61.9 Å². The zero-order valence-electron chi connectivity index (χ0n) is 23.6. The van der Waals surface area contributed by atoms with Gasteiger partial charge < -0.3 is 29.0 Å². The summed E-state index contributed by atoms with van der Waals surface area (Å²) in [5.74, 6) is -1.55. The summed E-state index contributed by atoms with van der Waals surface area (Å²) in [6, 6.07) is 4.68. The van der Waals surface area contributed by atoms with Crippen molar-refractivity contribution in [1.82, 2.24) is 24.1 Å². The van der Waals surface area contributed by atoms with Crippen LogP contribution in [-0.4, -0.2) is 80.9 Å². The summed E-state index contributed by atoms with van der Waals surface area (Å²) in [5.41, 5.74) is 1.91. The zero-order chi connectivity index (χ0) is 29.5. The van der Waals surface area contributed by atoms with E-state index in [9.17, 15) is 18.8 Å². The smallest absolute Gasteiger partial charge is 0.410 e. The number of halogens is 1. The Labute approximate surface area is 235 Å². The van der Waals surface area contributed by atoms with Crippen LogP contribution in [0.5, 0.6) is 0 Å². The molecule has 0 atom stereocenters. The number of carbonyl (C=O) groups excluding carboxylic acids is 3. The summed E-state index contributed by atoms with van der Waals surface area (Å²) >= 11 is 0. The third-order valence-corrected chi connectivity index (χ3v) is 6.62. The lowest BCUT2D eigenvalue weighted by atomic mass is 10.1. The van der Waals surface area contributed by atoms with Crippen LogP contribution in [0.3, 0.4) is 0 Å². The molecule has 1 fully saturated rings. The monoisotopic (exact) mass is 565 g/mol. The Balaban J connectivity index is 1.43. The second-order valence-electron chi connectivity index (χ2n) is 10.9. The number of aromatic nitrogens is 4. The number of benzene rings is 1. The summed E-state index contributed by atoms with van der Waals surface area (Å²) in [4.78, 5) is 45.8. The molecular weight excluding hydrogens is 533 g/mol. The van der Waals surface area contributed by atoms with E-state index in [0.29, 0.717) is 42.8 Å². The van der Waals surface area contributed by atoms with Crippen molar-refractivity contribution in [3.63, 3.8) is 0 Å². The highest BCUT2D eigenvalue weighted by atomic mass is 19.1. The number of amides is 2. The van der Waals surface area contributed by atoms with Crippen LogP contribution in [0.4, 0.5) is 20.6 Å². The number of esters is 1. The summed E-state index contributed by atoms with van der Waals surface area (Å²) in [6.45, 7) is 9.08. The molecule has 1 N–H and O–H groups in total. The van der Waals surface area contributed by atoms with Gasteiger partial charge in [0.25, 0.3) is 5.91 Å². The van der Waals surface area contributed by atoms with E-state index in [4.69, 9.17) is 9.47 Å². The number of rotatable bonds is 5. The van der Waals surface area contributed by atoms with Gasteiger partial charge in [-0.05, 0) is 39.8 Å². The highest BCUT2D eigenvalue weighted by Gasteiger charge is 2.28. The van der Waals surface area contributed by atoms with Gasteiger partial charge in [0.2, 0.25) is 0 Å². The molecule has 13 heteroatoms. The normalized spacial score (nSPS) is 14.0. The molecule has 0 bridgehead atoms. The Morgan fingerprint density at radius 3 is 2.49 bits per heavy atom. The molecule has 216 valence electrons. The van der Waals surface area contributed by atoms with Gasteiger partial charge in [-0.1, -0.05) is 0 Å². The number of nitrogens with one attached hydrogen (secondary N) is 1. The number of aryl methyl sites for hydroxylation is 1. The van der Waals surface area contributed by atoms with E-state index in [1.807, 2.05) is 26.8 Å². The zero-order valence-corrected chi connectivity index (χ0v) is 23.6. The Morgan fingerprint density at radius 2 is 1.80 bits per heavy atom. The van der Waals surface area contributed by atoms with Crippen LogP contribution < -0.4 is 10.2 Å². The maximum atomic E-state index is 14.6. The lowest BCUT2D eigenvalue weighted by Crippen LogP contribution is -2.50. The first-order valence-corrected chi connectivity index (χ1v) is 13.2. The minimum absolute atomic E-state index is 0.139. The predicted molar refractivity (Wildman–Crippen MR) is 150 cm³/mol. The molecule has 1 saturated heterocycles. The quantitative estimate of drug-likeness (QED) is 0.364. The van der Waals surface area contributed by atoms with Crippen LogP contribution in [0.15, 0.2) is 36.8 Å². The van der Waals surface area contributed by atoms with Crippen molar-refractivity contribution in [2.24, 2.45) is 0 Å². The number of ether oxygens (including phenoxy) is 2. The van der Waals surface area contributed by atoms with Crippen molar-refractivity contribution in [2.45, 2.75) is 39.8 Å². The minimum atomic E-state index is -0.583. The molecule has 4 aromatic rings. The maximum absolute atomic E-state index is 14.6. The van der Waals surface area contributed by atoms with Gasteiger partial charge in [-0.25, -0.2) is 14.2 Å². The van der Waals surface area contributed by atoms with Crippen LogP contribution in [0, 0.1) is 12.7 Å². The molecule has 3 aromatic heterocycles. The van der Waals surface area contributed by atoms with Crippen molar-refractivity contribution < 1.29 is 28.2 Å². The van der Waals surface area contributed by atoms with Gasteiger partial charge in [0.05, 0.1) is 24.1 Å². The Hall–Kier alpha value is -4.68. The summed E-state index contributed by atoms with van der Waals surface area (Å²) < 4.78 is 27.8. The molecular formula is C28H32FN7O5. The van der Waals surface area contributed by atoms with E-state index in [1.165, 1.54) is 22.3 Å². The molecule has 4 heterocycles. The first kappa shape index (κ1) is 27.9. The lowest BCUT2D eigenvalue weighted by molar-refractivity contribution is -0.141. The van der Waals surface area contributed by atoms with Gasteiger partial charge in [-0.3, -0.25) is 14.3 Å². The molecule has 0 saturated carbocycles. The highest BCUT2D eigenvalue weighted by molar-refractivity contribution is 6.14. The van der Waals surface area contributed by atoms with Crippen LogP contribution in [0.2, 0.25) is 0 Å². The average molecular weight is 566 g/mol. The van der Waals surface area contributed by atoms with Crippen molar-refractivity contribution in [3.8, 4) is 0 Å². The number of hydrogen-bond acceptors (Lipinski definition) is 8. The van der Waals surface area contributed by atoms with Crippen molar-refractivity contribution in [1.29, 1.82) is 0 Å². The SMILES string of the molecule is COC(=O)Cn1cc2c(N3CCN(C(=O)OC(C)(C)C)CC3)ccc(C(=O)Nc3cc(F)c4nc(C)cn4c3)c2n1. The van der Waals surface area contributed by atoms with Gasteiger partial charge in [0.15, 0.2) is 11.5 Å². The summed E-state index contributed by atoms with van der Waals surface area (Å²) in [7, 11) is 1.29. The molecule has 0 radical (unpaired) electrons. The maximum Gasteiger partial charge on any atom is 0.410 e. The molecule has 2 amide bonds.